The van der Waals surface area contributed by atoms with E-state index in [9.17, 15) is 4.79 Å². The van der Waals surface area contributed by atoms with Gasteiger partial charge in [-0.2, -0.15) is 0 Å². The number of hydrogen-bond donors (Lipinski definition) is 2. The fraction of sp³-hybridized carbons (Fsp3) is 0.636. The van der Waals surface area contributed by atoms with Gasteiger partial charge in [0.1, 0.15) is 0 Å². The first-order valence-electron chi connectivity index (χ1n) is 5.69. The molecule has 1 aliphatic rings. The van der Waals surface area contributed by atoms with E-state index in [2.05, 4.69) is 15.6 Å². The van der Waals surface area contributed by atoms with Crippen LogP contribution in [0, 0.1) is 6.92 Å². The molecule has 0 spiro atoms. The maximum absolute atomic E-state index is 11.6. The van der Waals surface area contributed by atoms with Crippen molar-refractivity contribution < 1.29 is 4.79 Å². The van der Waals surface area contributed by atoms with Gasteiger partial charge in [-0.25, -0.2) is 4.98 Å². The summed E-state index contributed by atoms with van der Waals surface area (Å²) in [5.74, 6) is 0.00116. The van der Waals surface area contributed by atoms with Crippen molar-refractivity contribution in [2.75, 3.05) is 11.9 Å². The monoisotopic (exact) mass is 239 g/mol. The summed E-state index contributed by atoms with van der Waals surface area (Å²) < 4.78 is 0. The summed E-state index contributed by atoms with van der Waals surface area (Å²) in [5, 5.41) is 8.69. The lowest BCUT2D eigenvalue weighted by molar-refractivity contribution is -0.115. The minimum atomic E-state index is 0.00116. The molecule has 0 aromatic carbocycles. The molecule has 0 atom stereocenters. The van der Waals surface area contributed by atoms with E-state index in [1.807, 2.05) is 12.3 Å². The van der Waals surface area contributed by atoms with Gasteiger partial charge >= 0.3 is 0 Å². The average molecular weight is 239 g/mol. The van der Waals surface area contributed by atoms with E-state index in [0.29, 0.717) is 17.7 Å². The third-order valence-electron chi connectivity index (χ3n) is 2.77. The Morgan fingerprint density at radius 3 is 2.94 bits per heavy atom. The fourth-order valence-electron chi connectivity index (χ4n) is 1.94. The molecule has 1 heterocycles. The number of thiazole rings is 1. The van der Waals surface area contributed by atoms with E-state index in [4.69, 9.17) is 0 Å². The van der Waals surface area contributed by atoms with Crippen molar-refractivity contribution >= 4 is 22.4 Å². The highest BCUT2D eigenvalue weighted by Crippen LogP contribution is 2.17. The zero-order chi connectivity index (χ0) is 11.4. The van der Waals surface area contributed by atoms with Crippen LogP contribution in [-0.2, 0) is 4.79 Å². The van der Waals surface area contributed by atoms with Gasteiger partial charge < -0.3 is 10.6 Å². The Morgan fingerprint density at radius 1 is 1.56 bits per heavy atom. The maximum atomic E-state index is 11.6. The van der Waals surface area contributed by atoms with Crippen LogP contribution < -0.4 is 10.6 Å². The average Bonchev–Trinajstić information content (AvgIpc) is 2.87. The number of rotatable bonds is 4. The highest BCUT2D eigenvalue weighted by molar-refractivity contribution is 7.13. The zero-order valence-electron chi connectivity index (χ0n) is 9.45. The van der Waals surface area contributed by atoms with Crippen LogP contribution in [0.1, 0.15) is 31.4 Å². The summed E-state index contributed by atoms with van der Waals surface area (Å²) >= 11 is 1.47. The number of nitrogens with one attached hydrogen (secondary N) is 2. The smallest absolute Gasteiger partial charge is 0.240 e. The van der Waals surface area contributed by atoms with Gasteiger partial charge in [-0.15, -0.1) is 11.3 Å². The topological polar surface area (TPSA) is 54.0 Å². The lowest BCUT2D eigenvalue weighted by atomic mass is 10.2. The number of nitrogens with zero attached hydrogens (tertiary/aromatic N) is 1. The first-order chi connectivity index (χ1) is 7.74. The highest BCUT2D eigenvalue weighted by Gasteiger charge is 2.15. The van der Waals surface area contributed by atoms with Gasteiger partial charge in [0.15, 0.2) is 5.13 Å². The van der Waals surface area contributed by atoms with E-state index in [0.717, 1.165) is 5.69 Å². The van der Waals surface area contributed by atoms with Crippen molar-refractivity contribution in [3.05, 3.63) is 11.1 Å². The minimum Gasteiger partial charge on any atom is -0.306 e. The molecule has 4 nitrogen and oxygen atoms in total. The normalized spacial score (nSPS) is 16.6. The molecule has 5 heteroatoms. The highest BCUT2D eigenvalue weighted by atomic mass is 32.1. The number of carbonyl (C=O) groups excluding carboxylic acids is 1. The van der Waals surface area contributed by atoms with Crippen molar-refractivity contribution in [3.63, 3.8) is 0 Å². The summed E-state index contributed by atoms with van der Waals surface area (Å²) in [6.07, 6.45) is 4.96. The van der Waals surface area contributed by atoms with Gasteiger partial charge in [-0.05, 0) is 19.8 Å². The van der Waals surface area contributed by atoms with Crippen molar-refractivity contribution in [1.29, 1.82) is 0 Å². The van der Waals surface area contributed by atoms with Gasteiger partial charge in [-0.1, -0.05) is 12.8 Å². The van der Waals surface area contributed by atoms with Crippen molar-refractivity contribution in [1.82, 2.24) is 10.3 Å². The summed E-state index contributed by atoms with van der Waals surface area (Å²) in [4.78, 5) is 15.8. The Labute approximate surface area is 99.5 Å². The summed E-state index contributed by atoms with van der Waals surface area (Å²) in [6.45, 7) is 2.31. The van der Waals surface area contributed by atoms with Crippen LogP contribution in [0.15, 0.2) is 5.38 Å². The van der Waals surface area contributed by atoms with E-state index in [1.54, 1.807) is 0 Å². The van der Waals surface area contributed by atoms with Gasteiger partial charge in [0.25, 0.3) is 0 Å². The minimum absolute atomic E-state index is 0.00116. The number of aryl methyl sites for hydroxylation is 1. The van der Waals surface area contributed by atoms with E-state index < -0.39 is 0 Å². The molecule has 1 fully saturated rings. The molecule has 1 saturated carbocycles. The van der Waals surface area contributed by atoms with Crippen LogP contribution in [0.4, 0.5) is 5.13 Å². The van der Waals surface area contributed by atoms with E-state index in [-0.39, 0.29) is 5.91 Å². The third kappa shape index (κ3) is 3.28. The Bertz CT molecular complexity index is 358. The Hall–Kier alpha value is -0.940. The third-order valence-corrected chi connectivity index (χ3v) is 3.65. The molecule has 1 aromatic rings. The standard InChI is InChI=1S/C11H17N3OS/c1-8-7-16-11(13-8)14-10(15)6-12-9-4-2-3-5-9/h7,9,12H,2-6H2,1H3,(H,13,14,15). The molecule has 88 valence electrons. The number of carbonyl (C=O) groups is 1. The van der Waals surface area contributed by atoms with Gasteiger partial charge in [-0.3, -0.25) is 4.79 Å². The second-order valence-electron chi connectivity index (χ2n) is 4.20. The Morgan fingerprint density at radius 2 is 2.31 bits per heavy atom. The summed E-state index contributed by atoms with van der Waals surface area (Å²) in [7, 11) is 0. The molecule has 0 radical (unpaired) electrons. The first-order valence-corrected chi connectivity index (χ1v) is 6.57. The molecule has 1 aromatic heterocycles. The summed E-state index contributed by atoms with van der Waals surface area (Å²) in [5.41, 5.74) is 0.948. The maximum Gasteiger partial charge on any atom is 0.240 e. The van der Waals surface area contributed by atoms with Crippen LogP contribution in [0.25, 0.3) is 0 Å². The Kier molecular flexibility index (Phi) is 3.90. The molecule has 0 bridgehead atoms. The molecule has 0 unspecified atom stereocenters. The van der Waals surface area contributed by atoms with Crippen molar-refractivity contribution in [2.45, 2.75) is 38.6 Å². The second-order valence-corrected chi connectivity index (χ2v) is 5.06. The number of anilines is 1. The van der Waals surface area contributed by atoms with Crippen molar-refractivity contribution in [2.24, 2.45) is 0 Å². The van der Waals surface area contributed by atoms with Crippen LogP contribution >= 0.6 is 11.3 Å². The Balaban J connectivity index is 1.71. The van der Waals surface area contributed by atoms with Crippen LogP contribution in [0.5, 0.6) is 0 Å². The molecule has 1 aliphatic carbocycles. The van der Waals surface area contributed by atoms with Crippen LogP contribution in [0.3, 0.4) is 0 Å². The van der Waals surface area contributed by atoms with E-state index in [1.165, 1.54) is 37.0 Å². The zero-order valence-corrected chi connectivity index (χ0v) is 10.3. The largest absolute Gasteiger partial charge is 0.306 e. The first kappa shape index (κ1) is 11.5. The second kappa shape index (κ2) is 5.41. The van der Waals surface area contributed by atoms with Crippen LogP contribution in [-0.4, -0.2) is 23.5 Å². The SMILES string of the molecule is Cc1csc(NC(=O)CNC2CCCC2)n1. The predicted octanol–water partition coefficient (Wildman–Crippen LogP) is 1.92. The molecular formula is C11H17N3OS. The lowest BCUT2D eigenvalue weighted by Gasteiger charge is -2.10. The van der Waals surface area contributed by atoms with Gasteiger partial charge in [0.05, 0.1) is 12.2 Å². The van der Waals surface area contributed by atoms with Crippen molar-refractivity contribution in [3.8, 4) is 0 Å². The molecule has 16 heavy (non-hydrogen) atoms. The molecule has 1 amide bonds. The van der Waals surface area contributed by atoms with E-state index >= 15 is 0 Å². The molecular weight excluding hydrogens is 222 g/mol. The molecule has 0 aliphatic heterocycles. The number of aromatic nitrogens is 1. The summed E-state index contributed by atoms with van der Waals surface area (Å²) in [6, 6.07) is 0.531. The quantitative estimate of drug-likeness (QED) is 0.844. The molecule has 0 saturated heterocycles. The number of hydrogen-bond acceptors (Lipinski definition) is 4. The van der Waals surface area contributed by atoms with Gasteiger partial charge in [0, 0.05) is 11.4 Å². The molecule has 2 N–H and O–H groups in total. The fourth-order valence-corrected chi connectivity index (χ4v) is 2.65. The van der Waals surface area contributed by atoms with Crippen LogP contribution in [0.2, 0.25) is 0 Å². The predicted molar refractivity (Wildman–Crippen MR) is 65.7 cm³/mol. The number of amides is 1. The molecule has 2 rings (SSSR count). The lowest BCUT2D eigenvalue weighted by Crippen LogP contribution is -2.34. The van der Waals surface area contributed by atoms with Gasteiger partial charge in [0.2, 0.25) is 5.91 Å².